The van der Waals surface area contributed by atoms with Crippen molar-refractivity contribution in [3.63, 3.8) is 0 Å². The van der Waals surface area contributed by atoms with E-state index in [1.807, 2.05) is 35.0 Å². The van der Waals surface area contributed by atoms with Crippen molar-refractivity contribution < 1.29 is 5.11 Å². The number of imidazole rings is 1. The van der Waals surface area contributed by atoms with Gasteiger partial charge in [-0.25, -0.2) is 4.98 Å². The summed E-state index contributed by atoms with van der Waals surface area (Å²) in [5.41, 5.74) is 0.971. The first-order valence-corrected chi connectivity index (χ1v) is 6.44. The molecule has 0 bridgehead atoms. The molecule has 0 fully saturated rings. The summed E-state index contributed by atoms with van der Waals surface area (Å²) in [6.07, 6.45) is 6.82. The fraction of sp³-hybridized carbons (Fsp3) is 0.308. The number of aliphatic hydroxyl groups is 1. The molecular formula is C13H15BrN2O. The molecule has 1 N–H and O–H groups in total. The molecule has 0 aliphatic rings. The zero-order valence-corrected chi connectivity index (χ0v) is 11.0. The Bertz CT molecular complexity index is 439. The van der Waals surface area contributed by atoms with Crippen LogP contribution < -0.4 is 0 Å². The third kappa shape index (κ3) is 3.68. The SMILES string of the molecule is OC(CCCn1ccnc1)c1ccc(Br)cc1. The van der Waals surface area contributed by atoms with E-state index in [4.69, 9.17) is 0 Å². The summed E-state index contributed by atoms with van der Waals surface area (Å²) < 4.78 is 3.06. The molecule has 1 atom stereocenters. The topological polar surface area (TPSA) is 38.0 Å². The van der Waals surface area contributed by atoms with Crippen LogP contribution in [0, 0.1) is 0 Å². The van der Waals surface area contributed by atoms with Crippen molar-refractivity contribution in [1.82, 2.24) is 9.55 Å². The lowest BCUT2D eigenvalue weighted by Gasteiger charge is -2.11. The standard InChI is InChI=1S/C13H15BrN2O/c14-12-5-3-11(4-6-12)13(17)2-1-8-16-9-7-15-10-16/h3-7,9-10,13,17H,1-2,8H2. The smallest absolute Gasteiger partial charge is 0.0945 e. The van der Waals surface area contributed by atoms with Crippen LogP contribution in [0.15, 0.2) is 47.5 Å². The van der Waals surface area contributed by atoms with Crippen molar-refractivity contribution in [3.8, 4) is 0 Å². The number of hydrogen-bond acceptors (Lipinski definition) is 2. The van der Waals surface area contributed by atoms with Crippen LogP contribution in [-0.4, -0.2) is 14.7 Å². The Labute approximate surface area is 109 Å². The molecule has 0 radical (unpaired) electrons. The number of rotatable bonds is 5. The maximum absolute atomic E-state index is 10.00. The molecule has 17 heavy (non-hydrogen) atoms. The van der Waals surface area contributed by atoms with E-state index in [0.29, 0.717) is 0 Å². The van der Waals surface area contributed by atoms with Gasteiger partial charge in [0, 0.05) is 23.4 Å². The number of aliphatic hydroxyl groups excluding tert-OH is 1. The third-order valence-electron chi connectivity index (χ3n) is 2.71. The van der Waals surface area contributed by atoms with E-state index in [-0.39, 0.29) is 6.10 Å². The molecule has 0 saturated heterocycles. The Balaban J connectivity index is 1.81. The van der Waals surface area contributed by atoms with Crippen LogP contribution in [0.25, 0.3) is 0 Å². The first kappa shape index (κ1) is 12.3. The van der Waals surface area contributed by atoms with Gasteiger partial charge in [0.1, 0.15) is 0 Å². The average molecular weight is 295 g/mol. The molecule has 1 heterocycles. The van der Waals surface area contributed by atoms with Gasteiger partial charge in [0.15, 0.2) is 0 Å². The lowest BCUT2D eigenvalue weighted by Crippen LogP contribution is -2.01. The Hall–Kier alpha value is -1.13. The Kier molecular flexibility index (Phi) is 4.34. The van der Waals surface area contributed by atoms with Gasteiger partial charge in [0.05, 0.1) is 12.4 Å². The second kappa shape index (κ2) is 5.98. The zero-order chi connectivity index (χ0) is 12.1. The van der Waals surface area contributed by atoms with Crippen LogP contribution >= 0.6 is 15.9 Å². The Morgan fingerprint density at radius 2 is 2.06 bits per heavy atom. The number of aromatic nitrogens is 2. The highest BCUT2D eigenvalue weighted by molar-refractivity contribution is 9.10. The van der Waals surface area contributed by atoms with E-state index in [1.54, 1.807) is 12.5 Å². The quantitative estimate of drug-likeness (QED) is 0.920. The first-order chi connectivity index (χ1) is 8.25. The average Bonchev–Trinajstić information content (AvgIpc) is 2.83. The molecule has 1 aromatic carbocycles. The number of hydrogen-bond donors (Lipinski definition) is 1. The minimum atomic E-state index is -0.383. The predicted octanol–water partition coefficient (Wildman–Crippen LogP) is 3.16. The Morgan fingerprint density at radius 3 is 2.71 bits per heavy atom. The van der Waals surface area contributed by atoms with Gasteiger partial charge < -0.3 is 9.67 Å². The summed E-state index contributed by atoms with van der Waals surface area (Å²) in [7, 11) is 0. The van der Waals surface area contributed by atoms with Gasteiger partial charge in [-0.2, -0.15) is 0 Å². The van der Waals surface area contributed by atoms with E-state index in [0.717, 1.165) is 29.4 Å². The summed E-state index contributed by atoms with van der Waals surface area (Å²) in [6, 6.07) is 7.81. The summed E-state index contributed by atoms with van der Waals surface area (Å²) in [5.74, 6) is 0. The molecule has 1 unspecified atom stereocenters. The van der Waals surface area contributed by atoms with Crippen LogP contribution in [-0.2, 0) is 6.54 Å². The van der Waals surface area contributed by atoms with Crippen LogP contribution in [0.4, 0.5) is 0 Å². The summed E-state index contributed by atoms with van der Waals surface area (Å²) in [6.45, 7) is 0.896. The highest BCUT2D eigenvalue weighted by Gasteiger charge is 2.06. The van der Waals surface area contributed by atoms with Gasteiger partial charge in [-0.1, -0.05) is 28.1 Å². The predicted molar refractivity (Wildman–Crippen MR) is 70.6 cm³/mol. The molecule has 0 aliphatic carbocycles. The van der Waals surface area contributed by atoms with E-state index in [9.17, 15) is 5.11 Å². The molecule has 1 aromatic heterocycles. The number of halogens is 1. The van der Waals surface area contributed by atoms with E-state index < -0.39 is 0 Å². The van der Waals surface area contributed by atoms with Crippen molar-refractivity contribution in [2.24, 2.45) is 0 Å². The van der Waals surface area contributed by atoms with Crippen LogP contribution in [0.3, 0.4) is 0 Å². The van der Waals surface area contributed by atoms with E-state index in [2.05, 4.69) is 20.9 Å². The first-order valence-electron chi connectivity index (χ1n) is 5.65. The molecule has 0 saturated carbocycles. The number of aryl methyl sites for hydroxylation is 1. The maximum atomic E-state index is 10.00. The minimum absolute atomic E-state index is 0.383. The van der Waals surface area contributed by atoms with Gasteiger partial charge in [0.25, 0.3) is 0 Å². The van der Waals surface area contributed by atoms with Crippen molar-refractivity contribution in [2.45, 2.75) is 25.5 Å². The molecule has 90 valence electrons. The van der Waals surface area contributed by atoms with Crippen molar-refractivity contribution in [1.29, 1.82) is 0 Å². The van der Waals surface area contributed by atoms with E-state index in [1.165, 1.54) is 0 Å². The summed E-state index contributed by atoms with van der Waals surface area (Å²) in [5, 5.41) is 10.00. The van der Waals surface area contributed by atoms with Crippen LogP contribution in [0.2, 0.25) is 0 Å². The normalized spacial score (nSPS) is 12.6. The molecule has 4 heteroatoms. The van der Waals surface area contributed by atoms with Gasteiger partial charge in [-0.3, -0.25) is 0 Å². The molecule has 0 amide bonds. The van der Waals surface area contributed by atoms with E-state index >= 15 is 0 Å². The van der Waals surface area contributed by atoms with Crippen molar-refractivity contribution in [3.05, 3.63) is 53.0 Å². The van der Waals surface area contributed by atoms with Gasteiger partial charge >= 0.3 is 0 Å². The van der Waals surface area contributed by atoms with Crippen molar-refractivity contribution >= 4 is 15.9 Å². The molecule has 2 rings (SSSR count). The number of benzene rings is 1. The zero-order valence-electron chi connectivity index (χ0n) is 9.46. The molecule has 0 aliphatic heterocycles. The number of nitrogens with zero attached hydrogens (tertiary/aromatic N) is 2. The van der Waals surface area contributed by atoms with Crippen LogP contribution in [0.1, 0.15) is 24.5 Å². The molecular weight excluding hydrogens is 280 g/mol. The minimum Gasteiger partial charge on any atom is -0.388 e. The largest absolute Gasteiger partial charge is 0.388 e. The Morgan fingerprint density at radius 1 is 1.29 bits per heavy atom. The second-order valence-corrected chi connectivity index (χ2v) is 4.93. The third-order valence-corrected chi connectivity index (χ3v) is 3.24. The highest BCUT2D eigenvalue weighted by atomic mass is 79.9. The fourth-order valence-electron chi connectivity index (χ4n) is 1.74. The summed E-state index contributed by atoms with van der Waals surface area (Å²) in [4.78, 5) is 3.98. The lowest BCUT2D eigenvalue weighted by molar-refractivity contribution is 0.162. The fourth-order valence-corrected chi connectivity index (χ4v) is 2.00. The molecule has 3 nitrogen and oxygen atoms in total. The highest BCUT2D eigenvalue weighted by Crippen LogP contribution is 2.20. The lowest BCUT2D eigenvalue weighted by atomic mass is 10.1. The second-order valence-electron chi connectivity index (χ2n) is 4.01. The molecule has 2 aromatic rings. The van der Waals surface area contributed by atoms with Crippen molar-refractivity contribution in [2.75, 3.05) is 0 Å². The van der Waals surface area contributed by atoms with Gasteiger partial charge in [0.2, 0.25) is 0 Å². The van der Waals surface area contributed by atoms with Crippen LogP contribution in [0.5, 0.6) is 0 Å². The monoisotopic (exact) mass is 294 g/mol. The maximum Gasteiger partial charge on any atom is 0.0945 e. The summed E-state index contributed by atoms with van der Waals surface area (Å²) >= 11 is 3.38. The van der Waals surface area contributed by atoms with Gasteiger partial charge in [-0.15, -0.1) is 0 Å². The van der Waals surface area contributed by atoms with Gasteiger partial charge in [-0.05, 0) is 30.5 Å². The molecule has 0 spiro atoms.